The maximum absolute atomic E-state index is 10.6. The third-order valence-electron chi connectivity index (χ3n) is 1.75. The fraction of sp³-hybridized carbons (Fsp3) is 0.300. The Morgan fingerprint density at radius 1 is 1.33 bits per heavy atom. The number of hydrogen-bond donors (Lipinski definition) is 1. The molecule has 0 atom stereocenters. The second-order valence-corrected chi connectivity index (χ2v) is 3.26. The summed E-state index contributed by atoms with van der Waals surface area (Å²) in [6, 6.07) is 7.03. The predicted octanol–water partition coefficient (Wildman–Crippen LogP) is 1.73. The van der Waals surface area contributed by atoms with Gasteiger partial charge >= 0.3 is 0 Å². The highest BCUT2D eigenvalue weighted by Crippen LogP contribution is 2.21. The maximum atomic E-state index is 10.6. The molecule has 0 spiro atoms. The number of aliphatic hydroxyl groups is 1. The molecular weight excluding hydrogens is 152 g/mol. The van der Waals surface area contributed by atoms with E-state index in [1.165, 1.54) is 0 Å². The van der Waals surface area contributed by atoms with Gasteiger partial charge in [-0.1, -0.05) is 24.3 Å². The summed E-state index contributed by atoms with van der Waals surface area (Å²) < 4.78 is 0. The van der Waals surface area contributed by atoms with Gasteiger partial charge in [-0.25, -0.2) is 0 Å². The fourth-order valence-corrected chi connectivity index (χ4v) is 1.16. The van der Waals surface area contributed by atoms with Gasteiger partial charge in [-0.05, 0) is 19.4 Å². The van der Waals surface area contributed by atoms with E-state index in [-0.39, 0.29) is 0 Å². The lowest BCUT2D eigenvalue weighted by Gasteiger charge is -2.19. The van der Waals surface area contributed by atoms with Gasteiger partial charge in [0.25, 0.3) is 0 Å². The summed E-state index contributed by atoms with van der Waals surface area (Å²) in [6.07, 6.45) is 0.757. The van der Waals surface area contributed by atoms with Crippen LogP contribution in [-0.2, 0) is 5.60 Å². The van der Waals surface area contributed by atoms with Crippen LogP contribution >= 0.6 is 0 Å². The average Bonchev–Trinajstić information content (AvgIpc) is 2.03. The number of benzene rings is 1. The number of rotatable bonds is 2. The molecule has 0 saturated heterocycles. The molecule has 0 aliphatic carbocycles. The number of carbonyl (C=O) groups is 1. The molecule has 0 radical (unpaired) electrons. The summed E-state index contributed by atoms with van der Waals surface area (Å²) in [5, 5.41) is 9.64. The van der Waals surface area contributed by atoms with Gasteiger partial charge in [0.15, 0.2) is 0 Å². The third-order valence-corrected chi connectivity index (χ3v) is 1.75. The summed E-state index contributed by atoms with van der Waals surface area (Å²) in [5.74, 6) is 0. The van der Waals surface area contributed by atoms with Crippen molar-refractivity contribution in [3.05, 3.63) is 35.4 Å². The third kappa shape index (κ3) is 1.71. The minimum atomic E-state index is -0.947. The molecular formula is C10H12O2. The Labute approximate surface area is 71.8 Å². The van der Waals surface area contributed by atoms with Crippen molar-refractivity contribution in [2.24, 2.45) is 0 Å². The first kappa shape index (κ1) is 8.94. The van der Waals surface area contributed by atoms with E-state index < -0.39 is 5.60 Å². The van der Waals surface area contributed by atoms with E-state index in [0.717, 1.165) is 6.29 Å². The van der Waals surface area contributed by atoms with Gasteiger partial charge < -0.3 is 5.11 Å². The Kier molecular flexibility index (Phi) is 2.29. The van der Waals surface area contributed by atoms with Crippen LogP contribution in [0, 0.1) is 0 Å². The van der Waals surface area contributed by atoms with E-state index in [9.17, 15) is 9.90 Å². The van der Waals surface area contributed by atoms with Crippen LogP contribution in [0.1, 0.15) is 29.8 Å². The van der Waals surface area contributed by atoms with Crippen molar-refractivity contribution in [2.75, 3.05) is 0 Å². The topological polar surface area (TPSA) is 37.3 Å². The minimum Gasteiger partial charge on any atom is -0.386 e. The van der Waals surface area contributed by atoms with Crippen LogP contribution in [-0.4, -0.2) is 11.4 Å². The standard InChI is InChI=1S/C10H12O2/c1-10(2,12)9-6-4-3-5-8(9)7-11/h3-7,12H,1-2H3. The average molecular weight is 164 g/mol. The van der Waals surface area contributed by atoms with Gasteiger partial charge in [0.1, 0.15) is 6.29 Å². The molecule has 0 aromatic heterocycles. The largest absolute Gasteiger partial charge is 0.386 e. The molecule has 64 valence electrons. The molecule has 1 rings (SSSR count). The van der Waals surface area contributed by atoms with Crippen molar-refractivity contribution >= 4 is 6.29 Å². The van der Waals surface area contributed by atoms with Gasteiger partial charge in [0.2, 0.25) is 0 Å². The molecule has 2 heteroatoms. The molecule has 0 aliphatic heterocycles. The van der Waals surface area contributed by atoms with Gasteiger partial charge in [-0.15, -0.1) is 0 Å². The van der Waals surface area contributed by atoms with Crippen LogP contribution in [0.15, 0.2) is 24.3 Å². The normalized spacial score (nSPS) is 11.2. The van der Waals surface area contributed by atoms with Crippen molar-refractivity contribution < 1.29 is 9.90 Å². The number of hydrogen-bond acceptors (Lipinski definition) is 2. The maximum Gasteiger partial charge on any atom is 0.150 e. The van der Waals surface area contributed by atoms with Crippen molar-refractivity contribution in [3.63, 3.8) is 0 Å². The molecule has 2 nitrogen and oxygen atoms in total. The van der Waals surface area contributed by atoms with Crippen molar-refractivity contribution in [2.45, 2.75) is 19.4 Å². The summed E-state index contributed by atoms with van der Waals surface area (Å²) in [7, 11) is 0. The molecule has 0 unspecified atom stereocenters. The van der Waals surface area contributed by atoms with Crippen LogP contribution < -0.4 is 0 Å². The zero-order valence-corrected chi connectivity index (χ0v) is 7.24. The van der Waals surface area contributed by atoms with Crippen LogP contribution in [0.4, 0.5) is 0 Å². The second kappa shape index (κ2) is 3.07. The molecule has 0 fully saturated rings. The van der Waals surface area contributed by atoms with Crippen LogP contribution in [0.25, 0.3) is 0 Å². The first-order valence-corrected chi connectivity index (χ1v) is 3.83. The lowest BCUT2D eigenvalue weighted by Crippen LogP contribution is -2.17. The quantitative estimate of drug-likeness (QED) is 0.676. The lowest BCUT2D eigenvalue weighted by molar-refractivity contribution is 0.0768. The van der Waals surface area contributed by atoms with Crippen molar-refractivity contribution in [1.29, 1.82) is 0 Å². The number of aldehydes is 1. The van der Waals surface area contributed by atoms with Crippen molar-refractivity contribution in [3.8, 4) is 0 Å². The van der Waals surface area contributed by atoms with E-state index in [1.807, 2.05) is 0 Å². The van der Waals surface area contributed by atoms with Crippen LogP contribution in [0.3, 0.4) is 0 Å². The first-order chi connectivity index (χ1) is 5.55. The molecule has 1 aromatic rings. The Hall–Kier alpha value is -1.15. The molecule has 1 aromatic carbocycles. The summed E-state index contributed by atoms with van der Waals surface area (Å²) in [4.78, 5) is 10.6. The Morgan fingerprint density at radius 3 is 2.33 bits per heavy atom. The SMILES string of the molecule is CC(C)(O)c1ccccc1C=O. The molecule has 0 heterocycles. The molecule has 0 amide bonds. The molecule has 0 bridgehead atoms. The highest BCUT2D eigenvalue weighted by molar-refractivity contribution is 5.77. The van der Waals surface area contributed by atoms with Crippen LogP contribution in [0.2, 0.25) is 0 Å². The Bertz CT molecular complexity index is 284. The molecule has 1 N–H and O–H groups in total. The van der Waals surface area contributed by atoms with Crippen LogP contribution in [0.5, 0.6) is 0 Å². The molecule has 12 heavy (non-hydrogen) atoms. The van der Waals surface area contributed by atoms with Crippen molar-refractivity contribution in [1.82, 2.24) is 0 Å². The fourth-order valence-electron chi connectivity index (χ4n) is 1.16. The summed E-state index contributed by atoms with van der Waals surface area (Å²) in [5.41, 5.74) is 0.266. The van der Waals surface area contributed by atoms with E-state index in [0.29, 0.717) is 11.1 Å². The van der Waals surface area contributed by atoms with Gasteiger partial charge in [0, 0.05) is 5.56 Å². The predicted molar refractivity (Wildman–Crippen MR) is 47.1 cm³/mol. The number of carbonyl (C=O) groups excluding carboxylic acids is 1. The Balaban J connectivity index is 3.23. The highest BCUT2D eigenvalue weighted by atomic mass is 16.3. The second-order valence-electron chi connectivity index (χ2n) is 3.26. The Morgan fingerprint density at radius 2 is 1.92 bits per heavy atom. The smallest absolute Gasteiger partial charge is 0.150 e. The van der Waals surface area contributed by atoms with E-state index in [1.54, 1.807) is 38.1 Å². The van der Waals surface area contributed by atoms with E-state index in [2.05, 4.69) is 0 Å². The van der Waals surface area contributed by atoms with Gasteiger partial charge in [-0.2, -0.15) is 0 Å². The minimum absolute atomic E-state index is 0.546. The van der Waals surface area contributed by atoms with Gasteiger partial charge in [-0.3, -0.25) is 4.79 Å². The highest BCUT2D eigenvalue weighted by Gasteiger charge is 2.18. The zero-order valence-electron chi connectivity index (χ0n) is 7.24. The monoisotopic (exact) mass is 164 g/mol. The van der Waals surface area contributed by atoms with E-state index >= 15 is 0 Å². The molecule has 0 saturated carbocycles. The van der Waals surface area contributed by atoms with Gasteiger partial charge in [0.05, 0.1) is 5.60 Å². The summed E-state index contributed by atoms with van der Waals surface area (Å²) >= 11 is 0. The van der Waals surface area contributed by atoms with E-state index in [4.69, 9.17) is 0 Å². The summed E-state index contributed by atoms with van der Waals surface area (Å²) in [6.45, 7) is 3.32. The lowest BCUT2D eigenvalue weighted by atomic mass is 9.94. The molecule has 0 aliphatic rings. The first-order valence-electron chi connectivity index (χ1n) is 3.83. The zero-order chi connectivity index (χ0) is 9.19.